The highest BCUT2D eigenvalue weighted by Gasteiger charge is 2.46. The summed E-state index contributed by atoms with van der Waals surface area (Å²) in [5, 5.41) is 21.4. The second kappa shape index (κ2) is 11.3. The molecule has 1 aliphatic heterocycles. The first-order valence-corrected chi connectivity index (χ1v) is 11.7. The lowest BCUT2D eigenvalue weighted by atomic mass is 9.94. The molecule has 1 atom stereocenters. The van der Waals surface area contributed by atoms with Crippen LogP contribution in [0.25, 0.3) is 5.76 Å². The predicted octanol–water partition coefficient (Wildman–Crippen LogP) is 4.20. The fourth-order valence-electron chi connectivity index (χ4n) is 3.99. The summed E-state index contributed by atoms with van der Waals surface area (Å²) in [4.78, 5) is 27.5. The van der Waals surface area contributed by atoms with E-state index in [0.29, 0.717) is 36.0 Å². The van der Waals surface area contributed by atoms with Gasteiger partial charge >= 0.3 is 0 Å². The lowest BCUT2D eigenvalue weighted by Gasteiger charge is -2.25. The molecule has 0 bridgehead atoms. The smallest absolute Gasteiger partial charge is 0.295 e. The summed E-state index contributed by atoms with van der Waals surface area (Å²) in [6.45, 7) is 8.99. The summed E-state index contributed by atoms with van der Waals surface area (Å²) >= 11 is 0. The van der Waals surface area contributed by atoms with Crippen LogP contribution in [0.5, 0.6) is 17.2 Å². The number of phenolic OH excluding ortho intramolecular Hbond substituents is 1. The van der Waals surface area contributed by atoms with E-state index in [2.05, 4.69) is 13.8 Å². The van der Waals surface area contributed by atoms with Gasteiger partial charge in [-0.1, -0.05) is 19.9 Å². The molecule has 1 heterocycles. The third-order valence-electron chi connectivity index (χ3n) is 5.70. The maximum atomic E-state index is 13.1. The van der Waals surface area contributed by atoms with E-state index in [9.17, 15) is 19.8 Å². The zero-order valence-electron chi connectivity index (χ0n) is 20.8. The predicted molar refractivity (Wildman–Crippen MR) is 132 cm³/mol. The largest absolute Gasteiger partial charge is 0.507 e. The Balaban J connectivity index is 2.11. The first kappa shape index (κ1) is 26.1. The normalized spacial score (nSPS) is 17.3. The summed E-state index contributed by atoms with van der Waals surface area (Å²) in [7, 11) is 1.50. The number of phenols is 1. The van der Waals surface area contributed by atoms with Crippen molar-refractivity contribution in [3.63, 3.8) is 0 Å². The van der Waals surface area contributed by atoms with Crippen LogP contribution in [0.3, 0.4) is 0 Å². The van der Waals surface area contributed by atoms with Crippen molar-refractivity contribution in [1.82, 2.24) is 4.90 Å². The number of carbonyl (C=O) groups is 2. The summed E-state index contributed by atoms with van der Waals surface area (Å²) in [5.41, 5.74) is 1.69. The van der Waals surface area contributed by atoms with E-state index in [1.165, 1.54) is 18.1 Å². The molecule has 1 amide bonds. The highest BCUT2D eigenvalue weighted by Crippen LogP contribution is 2.42. The van der Waals surface area contributed by atoms with Gasteiger partial charge in [0.1, 0.15) is 11.5 Å². The highest BCUT2D eigenvalue weighted by atomic mass is 16.5. The number of aromatic hydroxyl groups is 1. The van der Waals surface area contributed by atoms with Gasteiger partial charge in [-0.05, 0) is 61.2 Å². The number of Topliss-reactive ketones (excluding diaryl/α,β-unsaturated/α-hetero) is 1. The van der Waals surface area contributed by atoms with E-state index in [1.54, 1.807) is 37.3 Å². The number of nitrogens with zero attached hydrogens (tertiary/aromatic N) is 1. The molecule has 35 heavy (non-hydrogen) atoms. The minimum absolute atomic E-state index is 0.0329. The average Bonchev–Trinajstić information content (AvgIpc) is 3.07. The molecule has 0 spiro atoms. The van der Waals surface area contributed by atoms with Crippen LogP contribution in [0.15, 0.2) is 42.0 Å². The Kier molecular flexibility index (Phi) is 8.40. The van der Waals surface area contributed by atoms with Crippen molar-refractivity contribution in [2.45, 2.75) is 33.7 Å². The summed E-state index contributed by atoms with van der Waals surface area (Å²) < 4.78 is 16.5. The van der Waals surface area contributed by atoms with Gasteiger partial charge in [0.05, 0.1) is 31.4 Å². The van der Waals surface area contributed by atoms with Gasteiger partial charge < -0.3 is 29.3 Å². The Hall–Kier alpha value is -3.52. The SMILES string of the molecule is CCOc1cc([C@@H]2/C(=C(\O)c3ccc(OCC(C)C)c(C)c3)C(=O)C(=O)N2CCOC)ccc1O. The molecule has 2 N–H and O–H groups in total. The maximum absolute atomic E-state index is 13.1. The Morgan fingerprint density at radius 3 is 2.46 bits per heavy atom. The van der Waals surface area contributed by atoms with E-state index < -0.39 is 17.7 Å². The summed E-state index contributed by atoms with van der Waals surface area (Å²) in [5.74, 6) is -0.579. The molecule has 0 saturated carbocycles. The van der Waals surface area contributed by atoms with Crippen molar-refractivity contribution in [1.29, 1.82) is 0 Å². The van der Waals surface area contributed by atoms with Gasteiger partial charge in [-0.3, -0.25) is 9.59 Å². The minimum atomic E-state index is -0.873. The van der Waals surface area contributed by atoms with E-state index in [1.807, 2.05) is 6.92 Å². The Bertz CT molecular complexity index is 1120. The molecule has 1 fully saturated rings. The maximum Gasteiger partial charge on any atom is 0.295 e. The third-order valence-corrected chi connectivity index (χ3v) is 5.70. The van der Waals surface area contributed by atoms with Crippen LogP contribution in [0, 0.1) is 12.8 Å². The Morgan fingerprint density at radius 2 is 1.83 bits per heavy atom. The minimum Gasteiger partial charge on any atom is -0.507 e. The number of ether oxygens (including phenoxy) is 3. The zero-order chi connectivity index (χ0) is 25.7. The number of hydrogen-bond donors (Lipinski definition) is 2. The molecule has 0 aromatic heterocycles. The van der Waals surface area contributed by atoms with Gasteiger partial charge in [-0.2, -0.15) is 0 Å². The van der Waals surface area contributed by atoms with E-state index in [4.69, 9.17) is 14.2 Å². The van der Waals surface area contributed by atoms with E-state index in [0.717, 1.165) is 5.56 Å². The molecule has 2 aromatic rings. The standard InChI is InChI=1S/C27H33NO7/c1-6-34-22-14-18(7-9-20(22)29)24-23(26(31)27(32)28(24)11-12-33-5)25(30)19-8-10-21(17(4)13-19)35-15-16(2)3/h7-10,13-14,16,24,29-30H,6,11-12,15H2,1-5H3/b25-23+/t24-/m1/s1. The van der Waals surface area contributed by atoms with Crippen LogP contribution in [0.2, 0.25) is 0 Å². The van der Waals surface area contributed by atoms with Crippen LogP contribution in [0.1, 0.15) is 43.5 Å². The number of aliphatic hydroxyl groups excluding tert-OH is 1. The van der Waals surface area contributed by atoms with Crippen LogP contribution in [-0.2, 0) is 14.3 Å². The number of methoxy groups -OCH3 is 1. The van der Waals surface area contributed by atoms with Crippen molar-refractivity contribution in [2.75, 3.05) is 33.5 Å². The van der Waals surface area contributed by atoms with Crippen molar-refractivity contribution < 1.29 is 34.0 Å². The molecular formula is C27H33NO7. The average molecular weight is 484 g/mol. The summed E-state index contributed by atoms with van der Waals surface area (Å²) in [6, 6.07) is 8.90. The van der Waals surface area contributed by atoms with Crippen LogP contribution in [-0.4, -0.2) is 60.3 Å². The lowest BCUT2D eigenvalue weighted by Crippen LogP contribution is -2.32. The number of aryl methyl sites for hydroxylation is 1. The summed E-state index contributed by atoms with van der Waals surface area (Å²) in [6.07, 6.45) is 0. The van der Waals surface area contributed by atoms with Gasteiger partial charge in [0.15, 0.2) is 11.5 Å². The van der Waals surface area contributed by atoms with Crippen molar-refractivity contribution >= 4 is 17.4 Å². The third kappa shape index (κ3) is 5.59. The van der Waals surface area contributed by atoms with Crippen molar-refractivity contribution in [3.05, 3.63) is 58.7 Å². The second-order valence-electron chi connectivity index (χ2n) is 8.83. The fraction of sp³-hybridized carbons (Fsp3) is 0.407. The lowest BCUT2D eigenvalue weighted by molar-refractivity contribution is -0.140. The number of rotatable bonds is 10. The molecular weight excluding hydrogens is 450 g/mol. The molecule has 0 radical (unpaired) electrons. The van der Waals surface area contributed by atoms with E-state index in [-0.39, 0.29) is 36.0 Å². The monoisotopic (exact) mass is 483 g/mol. The van der Waals surface area contributed by atoms with Gasteiger partial charge in [0.25, 0.3) is 11.7 Å². The number of amides is 1. The van der Waals surface area contributed by atoms with E-state index >= 15 is 0 Å². The topological polar surface area (TPSA) is 106 Å². The van der Waals surface area contributed by atoms with Gasteiger partial charge in [-0.25, -0.2) is 0 Å². The van der Waals surface area contributed by atoms with Gasteiger partial charge in [0, 0.05) is 19.2 Å². The second-order valence-corrected chi connectivity index (χ2v) is 8.83. The molecule has 0 unspecified atom stereocenters. The molecule has 8 heteroatoms. The number of likely N-dealkylation sites (tertiary alicyclic amines) is 1. The molecule has 3 rings (SSSR count). The quantitative estimate of drug-likeness (QED) is 0.296. The fourth-order valence-corrected chi connectivity index (χ4v) is 3.99. The van der Waals surface area contributed by atoms with Crippen LogP contribution < -0.4 is 9.47 Å². The number of aliphatic hydroxyl groups is 1. The molecule has 8 nitrogen and oxygen atoms in total. The molecule has 0 aliphatic carbocycles. The van der Waals surface area contributed by atoms with Gasteiger partial charge in [0.2, 0.25) is 0 Å². The zero-order valence-corrected chi connectivity index (χ0v) is 20.8. The Morgan fingerprint density at radius 1 is 1.09 bits per heavy atom. The Labute approximate surface area is 205 Å². The van der Waals surface area contributed by atoms with Crippen molar-refractivity contribution in [3.8, 4) is 17.2 Å². The first-order valence-electron chi connectivity index (χ1n) is 11.7. The van der Waals surface area contributed by atoms with Gasteiger partial charge in [-0.15, -0.1) is 0 Å². The highest BCUT2D eigenvalue weighted by molar-refractivity contribution is 6.46. The molecule has 1 aliphatic rings. The van der Waals surface area contributed by atoms with Crippen molar-refractivity contribution in [2.24, 2.45) is 5.92 Å². The molecule has 2 aromatic carbocycles. The van der Waals surface area contributed by atoms with Crippen LogP contribution >= 0.6 is 0 Å². The van der Waals surface area contributed by atoms with Crippen LogP contribution in [0.4, 0.5) is 0 Å². The molecule has 1 saturated heterocycles. The number of benzene rings is 2. The number of ketones is 1. The first-order chi connectivity index (χ1) is 16.7. The molecule has 188 valence electrons. The number of hydrogen-bond acceptors (Lipinski definition) is 7. The number of carbonyl (C=O) groups excluding carboxylic acids is 2.